The predicted octanol–water partition coefficient (Wildman–Crippen LogP) is 3.20. The van der Waals surface area contributed by atoms with Gasteiger partial charge in [-0.2, -0.15) is 0 Å². The molecule has 3 fully saturated rings. The van der Waals surface area contributed by atoms with Crippen LogP contribution in [-0.4, -0.2) is 55.7 Å². The second-order valence-electron chi connectivity index (χ2n) is 8.52. The van der Waals surface area contributed by atoms with E-state index in [0.717, 1.165) is 18.9 Å². The number of cyclic esters (lactones) is 1. The normalized spacial score (nSPS) is 29.3. The number of amides is 2. The number of carbonyl (C=O) groups is 2. The number of rotatable bonds is 3. The number of ether oxygens (including phenoxy) is 3. The molecule has 0 spiro atoms. The molecule has 7 heteroatoms. The van der Waals surface area contributed by atoms with Gasteiger partial charge in [-0.15, -0.1) is 0 Å². The lowest BCUT2D eigenvalue weighted by Gasteiger charge is -2.27. The number of likely N-dealkylation sites (N-methyl/N-ethyl adjacent to an activating group) is 1. The molecule has 2 aliphatic heterocycles. The van der Waals surface area contributed by atoms with Crippen molar-refractivity contribution in [1.29, 1.82) is 0 Å². The molecule has 3 aliphatic rings. The van der Waals surface area contributed by atoms with Crippen LogP contribution < -0.4 is 4.90 Å². The number of anilines is 1. The van der Waals surface area contributed by atoms with Crippen LogP contribution in [0.1, 0.15) is 32.3 Å². The summed E-state index contributed by atoms with van der Waals surface area (Å²) in [5, 5.41) is 0. The first kappa shape index (κ1) is 18.1. The van der Waals surface area contributed by atoms with Crippen LogP contribution in [0.3, 0.4) is 0 Å². The number of benzene rings is 1. The minimum atomic E-state index is -0.674. The molecule has 146 valence electrons. The van der Waals surface area contributed by atoms with E-state index in [2.05, 4.69) is 12.1 Å². The summed E-state index contributed by atoms with van der Waals surface area (Å²) in [5.74, 6) is 1.89. The minimum absolute atomic E-state index is 0.274. The van der Waals surface area contributed by atoms with Gasteiger partial charge in [0, 0.05) is 12.7 Å². The first-order valence-corrected chi connectivity index (χ1v) is 9.36. The Morgan fingerprint density at radius 2 is 1.81 bits per heavy atom. The summed E-state index contributed by atoms with van der Waals surface area (Å²) >= 11 is 0. The van der Waals surface area contributed by atoms with E-state index in [1.165, 1.54) is 10.5 Å². The molecule has 1 saturated carbocycles. The van der Waals surface area contributed by atoms with Crippen molar-refractivity contribution in [1.82, 2.24) is 4.90 Å². The quantitative estimate of drug-likeness (QED) is 0.813. The van der Waals surface area contributed by atoms with Crippen molar-refractivity contribution >= 4 is 17.9 Å². The zero-order valence-corrected chi connectivity index (χ0v) is 16.2. The van der Waals surface area contributed by atoms with Crippen molar-refractivity contribution in [2.45, 2.75) is 38.5 Å². The number of hydrogen-bond acceptors (Lipinski definition) is 5. The van der Waals surface area contributed by atoms with Crippen LogP contribution in [-0.2, 0) is 14.2 Å². The molecule has 1 aromatic carbocycles. The van der Waals surface area contributed by atoms with E-state index in [0.29, 0.717) is 17.8 Å². The largest absolute Gasteiger partial charge is 0.444 e. The van der Waals surface area contributed by atoms with E-state index in [1.54, 1.807) is 32.7 Å². The number of nitrogens with zero attached hydrogens (tertiary/aromatic N) is 2. The van der Waals surface area contributed by atoms with Gasteiger partial charge in [0.15, 0.2) is 6.23 Å². The summed E-state index contributed by atoms with van der Waals surface area (Å²) in [7, 11) is 1.58. The molecule has 7 nitrogen and oxygen atoms in total. The lowest BCUT2D eigenvalue weighted by Crippen LogP contribution is -2.42. The molecule has 0 bridgehead atoms. The fraction of sp³-hybridized carbons (Fsp3) is 0.600. The zero-order chi connectivity index (χ0) is 19.3. The standard InChI is InChI=1S/C20H26N2O5/c1-20(2,3)27-18(23)21(4)16-9-22(19(24)26-16)13-7-5-12(6-8-13)17-14-10-25-11-15(14)17/h5-8,14-17H,9-11H2,1-4H3/t14-,15+,16-,17?/m0/s1. The van der Waals surface area contributed by atoms with Crippen LogP contribution in [0, 0.1) is 11.8 Å². The van der Waals surface area contributed by atoms with Gasteiger partial charge < -0.3 is 14.2 Å². The molecular formula is C20H26N2O5. The molecule has 4 atom stereocenters. The predicted molar refractivity (Wildman–Crippen MR) is 98.6 cm³/mol. The van der Waals surface area contributed by atoms with Gasteiger partial charge >= 0.3 is 12.2 Å². The van der Waals surface area contributed by atoms with Gasteiger partial charge in [-0.1, -0.05) is 12.1 Å². The first-order chi connectivity index (χ1) is 12.7. The lowest BCUT2D eigenvalue weighted by atomic mass is 10.1. The summed E-state index contributed by atoms with van der Waals surface area (Å²) in [5.41, 5.74) is 1.47. The smallest absolute Gasteiger partial charge is 0.416 e. The van der Waals surface area contributed by atoms with E-state index >= 15 is 0 Å². The fourth-order valence-electron chi connectivity index (χ4n) is 3.92. The van der Waals surface area contributed by atoms with Crippen molar-refractivity contribution < 1.29 is 23.8 Å². The molecule has 0 aromatic heterocycles. The number of carbonyl (C=O) groups excluding carboxylic acids is 2. The molecule has 1 aromatic rings. The van der Waals surface area contributed by atoms with Gasteiger partial charge in [0.25, 0.3) is 0 Å². The first-order valence-electron chi connectivity index (χ1n) is 9.36. The third kappa shape index (κ3) is 3.48. The Bertz CT molecular complexity index is 732. The molecule has 0 N–H and O–H groups in total. The van der Waals surface area contributed by atoms with Gasteiger partial charge in [-0.05, 0) is 56.2 Å². The van der Waals surface area contributed by atoms with Crippen molar-refractivity contribution in [2.75, 3.05) is 31.7 Å². The van der Waals surface area contributed by atoms with Crippen LogP contribution in [0.2, 0.25) is 0 Å². The molecule has 0 radical (unpaired) electrons. The number of fused-ring (bicyclic) bond motifs is 1. The minimum Gasteiger partial charge on any atom is -0.444 e. The van der Waals surface area contributed by atoms with Gasteiger partial charge in [-0.3, -0.25) is 9.80 Å². The molecule has 4 rings (SSSR count). The Kier molecular flexibility index (Phi) is 4.29. The average molecular weight is 374 g/mol. The molecule has 2 saturated heterocycles. The van der Waals surface area contributed by atoms with Gasteiger partial charge in [0.05, 0.1) is 19.8 Å². The number of hydrogen-bond donors (Lipinski definition) is 0. The Morgan fingerprint density at radius 1 is 1.19 bits per heavy atom. The maximum atomic E-state index is 12.3. The summed E-state index contributed by atoms with van der Waals surface area (Å²) in [6, 6.07) is 8.05. The van der Waals surface area contributed by atoms with E-state index in [4.69, 9.17) is 14.2 Å². The van der Waals surface area contributed by atoms with E-state index in [9.17, 15) is 9.59 Å². The van der Waals surface area contributed by atoms with Crippen molar-refractivity contribution in [3.05, 3.63) is 29.8 Å². The Labute approximate surface area is 159 Å². The highest BCUT2D eigenvalue weighted by Gasteiger charge is 2.54. The van der Waals surface area contributed by atoms with Crippen LogP contribution in [0.15, 0.2) is 24.3 Å². The monoisotopic (exact) mass is 374 g/mol. The molecule has 1 aliphatic carbocycles. The fourth-order valence-corrected chi connectivity index (χ4v) is 3.92. The topological polar surface area (TPSA) is 68.3 Å². The van der Waals surface area contributed by atoms with Crippen molar-refractivity contribution in [3.63, 3.8) is 0 Å². The Morgan fingerprint density at radius 3 is 2.41 bits per heavy atom. The third-order valence-corrected chi connectivity index (χ3v) is 5.45. The average Bonchev–Trinajstić information content (AvgIpc) is 2.94. The third-order valence-electron chi connectivity index (χ3n) is 5.45. The van der Waals surface area contributed by atoms with E-state index in [1.807, 2.05) is 12.1 Å². The second kappa shape index (κ2) is 6.41. The van der Waals surface area contributed by atoms with Gasteiger partial charge in [0.1, 0.15) is 5.60 Å². The molecular weight excluding hydrogens is 348 g/mol. The molecule has 2 amide bonds. The van der Waals surface area contributed by atoms with Crippen LogP contribution in [0.25, 0.3) is 0 Å². The van der Waals surface area contributed by atoms with Gasteiger partial charge in [-0.25, -0.2) is 9.59 Å². The molecule has 2 heterocycles. The highest BCUT2D eigenvalue weighted by atomic mass is 16.6. The van der Waals surface area contributed by atoms with Crippen LogP contribution >= 0.6 is 0 Å². The van der Waals surface area contributed by atoms with E-state index in [-0.39, 0.29) is 6.54 Å². The van der Waals surface area contributed by atoms with Crippen molar-refractivity contribution in [2.24, 2.45) is 11.8 Å². The Balaban J connectivity index is 1.40. The lowest BCUT2D eigenvalue weighted by molar-refractivity contribution is -0.00991. The Hall–Kier alpha value is -2.28. The summed E-state index contributed by atoms with van der Waals surface area (Å²) in [4.78, 5) is 27.4. The maximum Gasteiger partial charge on any atom is 0.416 e. The van der Waals surface area contributed by atoms with Gasteiger partial charge in [0.2, 0.25) is 0 Å². The highest BCUT2D eigenvalue weighted by molar-refractivity contribution is 5.90. The molecule has 27 heavy (non-hydrogen) atoms. The summed E-state index contributed by atoms with van der Waals surface area (Å²) in [6.45, 7) is 7.38. The van der Waals surface area contributed by atoms with Crippen molar-refractivity contribution in [3.8, 4) is 0 Å². The second-order valence-corrected chi connectivity index (χ2v) is 8.52. The van der Waals surface area contributed by atoms with Crippen LogP contribution in [0.5, 0.6) is 0 Å². The SMILES string of the molecule is CN(C(=O)OC(C)(C)C)[C@@H]1CN(c2ccc(C3[C@H]4COC[C@@H]34)cc2)C(=O)O1. The highest BCUT2D eigenvalue weighted by Crippen LogP contribution is 2.57. The van der Waals surface area contributed by atoms with E-state index < -0.39 is 24.0 Å². The van der Waals surface area contributed by atoms with Crippen LogP contribution in [0.4, 0.5) is 15.3 Å². The zero-order valence-electron chi connectivity index (χ0n) is 16.2. The molecule has 1 unspecified atom stereocenters. The summed E-state index contributed by atoms with van der Waals surface area (Å²) in [6.07, 6.45) is -1.65. The maximum absolute atomic E-state index is 12.3. The summed E-state index contributed by atoms with van der Waals surface area (Å²) < 4.78 is 16.2.